The monoisotopic (exact) mass is 210 g/mol. The van der Waals surface area contributed by atoms with Crippen LogP contribution in [0.2, 0.25) is 0 Å². The van der Waals surface area contributed by atoms with Crippen LogP contribution in [0.25, 0.3) is 0 Å². The van der Waals surface area contributed by atoms with Crippen LogP contribution in [0.3, 0.4) is 0 Å². The molecule has 0 aromatic heterocycles. The van der Waals surface area contributed by atoms with Crippen LogP contribution in [0.5, 0.6) is 0 Å². The van der Waals surface area contributed by atoms with Crippen molar-refractivity contribution in [3.63, 3.8) is 0 Å². The summed E-state index contributed by atoms with van der Waals surface area (Å²) in [5.74, 6) is 0.959. The molecular weight excluding hydrogens is 188 g/mol. The highest BCUT2D eigenvalue weighted by Gasteiger charge is 2.24. The lowest BCUT2D eigenvalue weighted by atomic mass is 10.00. The van der Waals surface area contributed by atoms with Gasteiger partial charge in [-0.1, -0.05) is 12.8 Å². The van der Waals surface area contributed by atoms with E-state index in [0.29, 0.717) is 18.6 Å². The second-order valence-corrected chi connectivity index (χ2v) is 5.06. The molecule has 0 saturated heterocycles. The molecule has 2 saturated carbocycles. The molecule has 1 atom stereocenters. The first kappa shape index (κ1) is 10.9. The normalized spacial score (nSPS) is 24.1. The Morgan fingerprint density at radius 1 is 1.27 bits per heavy atom. The van der Waals surface area contributed by atoms with E-state index in [0.717, 1.165) is 5.92 Å². The van der Waals surface area contributed by atoms with Crippen molar-refractivity contribution in [2.24, 2.45) is 5.92 Å². The molecule has 2 aliphatic carbocycles. The Hall–Kier alpha value is -0.570. The van der Waals surface area contributed by atoms with Crippen molar-refractivity contribution >= 4 is 5.91 Å². The maximum atomic E-state index is 11.4. The second-order valence-electron chi connectivity index (χ2n) is 5.06. The van der Waals surface area contributed by atoms with Crippen LogP contribution in [0.4, 0.5) is 0 Å². The van der Waals surface area contributed by atoms with Gasteiger partial charge in [0.15, 0.2) is 0 Å². The van der Waals surface area contributed by atoms with Gasteiger partial charge in [0.1, 0.15) is 0 Å². The average Bonchev–Trinajstić information content (AvgIpc) is 2.86. The van der Waals surface area contributed by atoms with Gasteiger partial charge in [-0.2, -0.15) is 0 Å². The van der Waals surface area contributed by atoms with Crippen molar-refractivity contribution < 1.29 is 4.79 Å². The van der Waals surface area contributed by atoms with Gasteiger partial charge >= 0.3 is 0 Å². The number of amides is 1. The minimum atomic E-state index is 0.169. The second kappa shape index (κ2) is 4.97. The molecule has 0 heterocycles. The summed E-state index contributed by atoms with van der Waals surface area (Å²) in [5.41, 5.74) is 0. The van der Waals surface area contributed by atoms with Crippen molar-refractivity contribution in [2.45, 2.75) is 57.5 Å². The predicted molar refractivity (Wildman–Crippen MR) is 60.6 cm³/mol. The summed E-state index contributed by atoms with van der Waals surface area (Å²) in [6.07, 6.45) is 7.74. The highest BCUT2D eigenvalue weighted by atomic mass is 16.2. The molecule has 0 spiro atoms. The number of hydrogen-bond acceptors (Lipinski definition) is 2. The van der Waals surface area contributed by atoms with Gasteiger partial charge < -0.3 is 10.6 Å². The van der Waals surface area contributed by atoms with Gasteiger partial charge in [0.05, 0.1) is 6.54 Å². The van der Waals surface area contributed by atoms with Gasteiger partial charge in [-0.15, -0.1) is 0 Å². The zero-order valence-corrected chi connectivity index (χ0v) is 9.59. The quantitative estimate of drug-likeness (QED) is 0.721. The van der Waals surface area contributed by atoms with E-state index in [4.69, 9.17) is 0 Å². The van der Waals surface area contributed by atoms with E-state index in [2.05, 4.69) is 17.6 Å². The molecule has 2 rings (SSSR count). The molecule has 86 valence electrons. The third-order valence-electron chi connectivity index (χ3n) is 3.63. The van der Waals surface area contributed by atoms with Crippen molar-refractivity contribution in [3.05, 3.63) is 0 Å². The lowest BCUT2D eigenvalue weighted by Gasteiger charge is -2.20. The zero-order valence-electron chi connectivity index (χ0n) is 9.59. The van der Waals surface area contributed by atoms with Crippen LogP contribution in [0, 0.1) is 5.92 Å². The summed E-state index contributed by atoms with van der Waals surface area (Å²) >= 11 is 0. The first-order valence-electron chi connectivity index (χ1n) is 6.28. The van der Waals surface area contributed by atoms with Crippen LogP contribution >= 0.6 is 0 Å². The van der Waals surface area contributed by atoms with E-state index in [1.165, 1.54) is 38.5 Å². The largest absolute Gasteiger partial charge is 0.352 e. The Balaban J connectivity index is 1.60. The lowest BCUT2D eigenvalue weighted by molar-refractivity contribution is -0.120. The van der Waals surface area contributed by atoms with Crippen LogP contribution in [0.15, 0.2) is 0 Å². The van der Waals surface area contributed by atoms with E-state index in [1.54, 1.807) is 0 Å². The van der Waals surface area contributed by atoms with Crippen molar-refractivity contribution in [2.75, 3.05) is 6.54 Å². The topological polar surface area (TPSA) is 41.1 Å². The lowest BCUT2D eigenvalue weighted by Crippen LogP contribution is -2.41. The molecule has 2 aliphatic rings. The maximum Gasteiger partial charge on any atom is 0.234 e. The Bertz CT molecular complexity index is 220. The Morgan fingerprint density at radius 2 is 1.93 bits per heavy atom. The number of carbonyl (C=O) groups excluding carboxylic acids is 1. The zero-order chi connectivity index (χ0) is 10.7. The van der Waals surface area contributed by atoms with Gasteiger partial charge in [0.2, 0.25) is 5.91 Å². The van der Waals surface area contributed by atoms with Gasteiger partial charge in [-0.05, 0) is 38.5 Å². The van der Waals surface area contributed by atoms with Gasteiger partial charge in [-0.25, -0.2) is 0 Å². The van der Waals surface area contributed by atoms with E-state index in [-0.39, 0.29) is 5.91 Å². The molecule has 0 aromatic rings. The first-order valence-corrected chi connectivity index (χ1v) is 6.28. The predicted octanol–water partition coefficient (Wildman–Crippen LogP) is 1.43. The van der Waals surface area contributed by atoms with E-state index in [1.807, 2.05) is 0 Å². The van der Waals surface area contributed by atoms with Gasteiger partial charge in [0, 0.05) is 12.1 Å². The number of rotatable bonds is 5. The van der Waals surface area contributed by atoms with Crippen LogP contribution in [0.1, 0.15) is 45.4 Å². The number of nitrogens with one attached hydrogen (secondary N) is 2. The van der Waals surface area contributed by atoms with Crippen molar-refractivity contribution in [1.82, 2.24) is 10.6 Å². The molecule has 0 radical (unpaired) electrons. The first-order chi connectivity index (χ1) is 7.25. The SMILES string of the molecule is C[C@H](NCC(=O)NC1CC1)C1CCCC1. The van der Waals surface area contributed by atoms with Crippen LogP contribution < -0.4 is 10.6 Å². The smallest absolute Gasteiger partial charge is 0.234 e. The highest BCUT2D eigenvalue weighted by molar-refractivity contribution is 5.78. The summed E-state index contributed by atoms with van der Waals surface area (Å²) in [5, 5.41) is 6.34. The summed E-state index contributed by atoms with van der Waals surface area (Å²) in [6.45, 7) is 2.70. The summed E-state index contributed by atoms with van der Waals surface area (Å²) in [7, 11) is 0. The molecule has 0 aliphatic heterocycles. The highest BCUT2D eigenvalue weighted by Crippen LogP contribution is 2.27. The molecule has 2 N–H and O–H groups in total. The summed E-state index contributed by atoms with van der Waals surface area (Å²) in [6, 6.07) is 0.985. The minimum Gasteiger partial charge on any atom is -0.352 e. The fourth-order valence-corrected chi connectivity index (χ4v) is 2.38. The molecule has 3 nitrogen and oxygen atoms in total. The standard InChI is InChI=1S/C12H22N2O/c1-9(10-4-2-3-5-10)13-8-12(15)14-11-6-7-11/h9-11,13H,2-8H2,1H3,(H,14,15)/t9-/m0/s1. The molecule has 15 heavy (non-hydrogen) atoms. The Kier molecular flexibility index (Phi) is 3.62. The molecule has 0 aromatic carbocycles. The summed E-state index contributed by atoms with van der Waals surface area (Å²) < 4.78 is 0. The molecule has 0 unspecified atom stereocenters. The van der Waals surface area contributed by atoms with E-state index < -0.39 is 0 Å². The number of hydrogen-bond donors (Lipinski definition) is 2. The van der Waals surface area contributed by atoms with Crippen LogP contribution in [-0.4, -0.2) is 24.5 Å². The van der Waals surface area contributed by atoms with Gasteiger partial charge in [0.25, 0.3) is 0 Å². The Morgan fingerprint density at radius 3 is 2.53 bits per heavy atom. The fourth-order valence-electron chi connectivity index (χ4n) is 2.38. The third kappa shape index (κ3) is 3.49. The third-order valence-corrected chi connectivity index (χ3v) is 3.63. The molecule has 0 bridgehead atoms. The fraction of sp³-hybridized carbons (Fsp3) is 0.917. The van der Waals surface area contributed by atoms with E-state index >= 15 is 0 Å². The maximum absolute atomic E-state index is 11.4. The summed E-state index contributed by atoms with van der Waals surface area (Å²) in [4.78, 5) is 11.4. The number of carbonyl (C=O) groups is 1. The van der Waals surface area contributed by atoms with Crippen molar-refractivity contribution in [1.29, 1.82) is 0 Å². The molecular formula is C12H22N2O. The van der Waals surface area contributed by atoms with Crippen LogP contribution in [-0.2, 0) is 4.79 Å². The average molecular weight is 210 g/mol. The van der Waals surface area contributed by atoms with E-state index in [9.17, 15) is 4.79 Å². The molecule has 3 heteroatoms. The Labute approximate surface area is 92.0 Å². The molecule has 1 amide bonds. The van der Waals surface area contributed by atoms with Gasteiger partial charge in [-0.3, -0.25) is 4.79 Å². The molecule has 2 fully saturated rings. The van der Waals surface area contributed by atoms with Crippen molar-refractivity contribution in [3.8, 4) is 0 Å². The minimum absolute atomic E-state index is 0.169.